The summed E-state index contributed by atoms with van der Waals surface area (Å²) in [5.74, 6) is -0.468. The lowest BCUT2D eigenvalue weighted by Gasteiger charge is -2.25. The quantitative estimate of drug-likeness (QED) is 0.726. The molecule has 0 aromatic heterocycles. The highest BCUT2D eigenvalue weighted by Gasteiger charge is 2.30. The molecule has 0 bridgehead atoms. The van der Waals surface area contributed by atoms with Crippen molar-refractivity contribution >= 4 is 15.9 Å². The second-order valence-electron chi connectivity index (χ2n) is 6.94. The molecule has 0 heterocycles. The van der Waals surface area contributed by atoms with E-state index in [4.69, 9.17) is 0 Å². The van der Waals surface area contributed by atoms with Gasteiger partial charge in [0.1, 0.15) is 6.04 Å². The topological polar surface area (TPSA) is 75.3 Å². The molecule has 0 saturated heterocycles. The number of sulfonamides is 1. The number of amides is 1. The monoisotopic (exact) mass is 388 g/mol. The van der Waals surface area contributed by atoms with Gasteiger partial charge in [-0.1, -0.05) is 68.3 Å². The first-order valence-electron chi connectivity index (χ1n) is 9.19. The van der Waals surface area contributed by atoms with E-state index in [9.17, 15) is 13.2 Å². The smallest absolute Gasteiger partial charge is 0.241 e. The molecule has 1 amide bonds. The van der Waals surface area contributed by atoms with Crippen LogP contribution >= 0.6 is 0 Å². The van der Waals surface area contributed by atoms with Gasteiger partial charge >= 0.3 is 0 Å². The molecule has 27 heavy (non-hydrogen) atoms. The third-order valence-corrected chi connectivity index (χ3v) is 6.22. The van der Waals surface area contributed by atoms with E-state index in [0.29, 0.717) is 6.42 Å². The van der Waals surface area contributed by atoms with Crippen molar-refractivity contribution < 1.29 is 13.2 Å². The first-order valence-corrected chi connectivity index (χ1v) is 10.7. The van der Waals surface area contributed by atoms with E-state index in [1.165, 1.54) is 0 Å². The zero-order chi connectivity index (χ0) is 20.0. The normalized spacial score (nSPS) is 15.0. The van der Waals surface area contributed by atoms with Gasteiger partial charge in [0.15, 0.2) is 0 Å². The van der Waals surface area contributed by atoms with Gasteiger partial charge in [-0.25, -0.2) is 8.42 Å². The summed E-state index contributed by atoms with van der Waals surface area (Å²) in [6, 6.07) is 15.1. The maximum Gasteiger partial charge on any atom is 0.241 e. The van der Waals surface area contributed by atoms with Crippen molar-refractivity contribution in [2.45, 2.75) is 51.1 Å². The van der Waals surface area contributed by atoms with Crippen molar-refractivity contribution in [1.82, 2.24) is 10.0 Å². The molecule has 146 valence electrons. The predicted molar refractivity (Wildman–Crippen MR) is 108 cm³/mol. The van der Waals surface area contributed by atoms with E-state index in [1.807, 2.05) is 58.0 Å². The van der Waals surface area contributed by atoms with E-state index in [-0.39, 0.29) is 22.8 Å². The molecule has 2 rings (SSSR count). The molecule has 0 unspecified atom stereocenters. The van der Waals surface area contributed by atoms with Gasteiger partial charge in [-0.15, -0.1) is 0 Å². The fraction of sp³-hybridized carbons (Fsp3) is 0.381. The van der Waals surface area contributed by atoms with Gasteiger partial charge in [0.05, 0.1) is 10.9 Å². The number of aryl methyl sites for hydroxylation is 1. The zero-order valence-corrected chi connectivity index (χ0v) is 17.1. The average molecular weight is 389 g/mol. The van der Waals surface area contributed by atoms with Crippen LogP contribution in [0.15, 0.2) is 59.5 Å². The van der Waals surface area contributed by atoms with Gasteiger partial charge in [-0.3, -0.25) is 4.79 Å². The molecular weight excluding hydrogens is 360 g/mol. The Labute approximate surface area is 162 Å². The summed E-state index contributed by atoms with van der Waals surface area (Å²) in [6.45, 7) is 7.58. The summed E-state index contributed by atoms with van der Waals surface area (Å²) in [6.07, 6.45) is 0.675. The number of nitrogens with one attached hydrogen (secondary N) is 2. The largest absolute Gasteiger partial charge is 0.348 e. The molecule has 5 nitrogen and oxygen atoms in total. The Morgan fingerprint density at radius 3 is 2.15 bits per heavy atom. The summed E-state index contributed by atoms with van der Waals surface area (Å²) >= 11 is 0. The maximum atomic E-state index is 12.9. The minimum Gasteiger partial charge on any atom is -0.348 e. The van der Waals surface area contributed by atoms with Gasteiger partial charge in [-0.2, -0.15) is 4.72 Å². The van der Waals surface area contributed by atoms with Crippen LogP contribution in [0.5, 0.6) is 0 Å². The highest BCUT2D eigenvalue weighted by atomic mass is 32.2. The Morgan fingerprint density at radius 1 is 1.00 bits per heavy atom. The Hall–Kier alpha value is -2.18. The predicted octanol–water partition coefficient (Wildman–Crippen LogP) is 3.57. The molecule has 6 heteroatoms. The van der Waals surface area contributed by atoms with Crippen LogP contribution in [-0.4, -0.2) is 20.4 Å². The van der Waals surface area contributed by atoms with E-state index >= 15 is 0 Å². The maximum absolute atomic E-state index is 12.9. The third-order valence-electron chi connectivity index (χ3n) is 4.77. The molecule has 0 spiro atoms. The van der Waals surface area contributed by atoms with Crippen molar-refractivity contribution in [3.05, 3.63) is 65.7 Å². The molecule has 0 radical (unpaired) electrons. The van der Waals surface area contributed by atoms with Crippen LogP contribution in [-0.2, 0) is 14.8 Å². The molecule has 3 atom stereocenters. The van der Waals surface area contributed by atoms with E-state index in [2.05, 4.69) is 10.0 Å². The highest BCUT2D eigenvalue weighted by molar-refractivity contribution is 7.89. The number of hydrogen-bond acceptors (Lipinski definition) is 3. The standard InChI is InChI=1S/C21H28N2O3S/c1-5-16(3)20(21(24)22-17(4)18-9-7-6-8-10-18)23-27(25,26)19-13-11-15(2)12-14-19/h6-14,16-17,20,23H,5H2,1-4H3,(H,22,24)/t16-,17-,20-/m0/s1. The first-order chi connectivity index (χ1) is 12.7. The number of hydrogen-bond donors (Lipinski definition) is 2. The van der Waals surface area contributed by atoms with Crippen molar-refractivity contribution in [1.29, 1.82) is 0 Å². The Kier molecular flexibility index (Phi) is 7.16. The molecule has 0 saturated carbocycles. The minimum atomic E-state index is -3.79. The molecular formula is C21H28N2O3S. The summed E-state index contributed by atoms with van der Waals surface area (Å²) in [5, 5.41) is 2.93. The molecule has 2 aromatic carbocycles. The second kappa shape index (κ2) is 9.15. The van der Waals surface area contributed by atoms with Gasteiger partial charge in [0.25, 0.3) is 0 Å². The van der Waals surface area contributed by atoms with Crippen LogP contribution in [0.3, 0.4) is 0 Å². The summed E-state index contributed by atoms with van der Waals surface area (Å²) in [7, 11) is -3.79. The third kappa shape index (κ3) is 5.65. The van der Waals surface area contributed by atoms with Crippen LogP contribution in [0.25, 0.3) is 0 Å². The average Bonchev–Trinajstić information content (AvgIpc) is 2.66. The van der Waals surface area contributed by atoms with Crippen LogP contribution < -0.4 is 10.0 Å². The Bertz CT molecular complexity index is 849. The lowest BCUT2D eigenvalue weighted by atomic mass is 9.98. The van der Waals surface area contributed by atoms with Crippen molar-refractivity contribution in [3.63, 3.8) is 0 Å². The minimum absolute atomic E-state index is 0.145. The van der Waals surface area contributed by atoms with E-state index < -0.39 is 16.1 Å². The van der Waals surface area contributed by atoms with Crippen molar-refractivity contribution in [3.8, 4) is 0 Å². The Balaban J connectivity index is 2.19. The van der Waals surface area contributed by atoms with Crippen LogP contribution in [0.2, 0.25) is 0 Å². The summed E-state index contributed by atoms with van der Waals surface area (Å²) < 4.78 is 28.1. The van der Waals surface area contributed by atoms with E-state index in [0.717, 1.165) is 11.1 Å². The zero-order valence-electron chi connectivity index (χ0n) is 16.3. The molecule has 2 aromatic rings. The van der Waals surface area contributed by atoms with Crippen LogP contribution in [0.1, 0.15) is 44.4 Å². The summed E-state index contributed by atoms with van der Waals surface area (Å²) in [5.41, 5.74) is 1.94. The van der Waals surface area contributed by atoms with Crippen LogP contribution in [0.4, 0.5) is 0 Å². The second-order valence-corrected chi connectivity index (χ2v) is 8.65. The van der Waals surface area contributed by atoms with Crippen molar-refractivity contribution in [2.75, 3.05) is 0 Å². The van der Waals surface area contributed by atoms with Gasteiger partial charge in [0, 0.05) is 0 Å². The molecule has 0 aliphatic heterocycles. The fourth-order valence-electron chi connectivity index (χ4n) is 2.74. The SMILES string of the molecule is CC[C@H](C)[C@H](NS(=O)(=O)c1ccc(C)cc1)C(=O)N[C@@H](C)c1ccccc1. The number of carbonyl (C=O) groups excluding carboxylic acids is 1. The lowest BCUT2D eigenvalue weighted by molar-refractivity contribution is -0.124. The van der Waals surface area contributed by atoms with Gasteiger partial charge in [-0.05, 0) is 37.5 Å². The molecule has 2 N–H and O–H groups in total. The number of benzene rings is 2. The number of rotatable bonds is 8. The van der Waals surface area contributed by atoms with Crippen LogP contribution in [0, 0.1) is 12.8 Å². The Morgan fingerprint density at radius 2 is 1.59 bits per heavy atom. The molecule has 0 fully saturated rings. The van der Waals surface area contributed by atoms with Crippen molar-refractivity contribution in [2.24, 2.45) is 5.92 Å². The molecule has 0 aliphatic carbocycles. The number of carbonyl (C=O) groups is 1. The van der Waals surface area contributed by atoms with E-state index in [1.54, 1.807) is 24.3 Å². The molecule has 0 aliphatic rings. The lowest BCUT2D eigenvalue weighted by Crippen LogP contribution is -2.50. The van der Waals surface area contributed by atoms with Gasteiger partial charge in [0.2, 0.25) is 15.9 Å². The fourth-order valence-corrected chi connectivity index (χ4v) is 4.05. The summed E-state index contributed by atoms with van der Waals surface area (Å²) in [4.78, 5) is 13.0. The van der Waals surface area contributed by atoms with Gasteiger partial charge < -0.3 is 5.32 Å². The first kappa shape index (κ1) is 21.1. The highest BCUT2D eigenvalue weighted by Crippen LogP contribution is 2.17.